The zero-order valence-corrected chi connectivity index (χ0v) is 29.2. The van der Waals surface area contributed by atoms with E-state index in [2.05, 4.69) is 31.0 Å². The van der Waals surface area contributed by atoms with E-state index >= 15 is 0 Å². The fourth-order valence-electron chi connectivity index (χ4n) is 11.3. The van der Waals surface area contributed by atoms with E-state index in [1.807, 2.05) is 43.3 Å². The predicted octanol–water partition coefficient (Wildman–Crippen LogP) is 5.66. The van der Waals surface area contributed by atoms with Gasteiger partial charge in [-0.3, -0.25) is 0 Å². The number of aliphatic hydroxyl groups is 2. The van der Waals surface area contributed by atoms with Gasteiger partial charge in [-0.15, -0.1) is 4.83 Å². The third-order valence-electron chi connectivity index (χ3n) is 13.6. The molecule has 4 N–H and O–H groups in total. The fourth-order valence-corrected chi connectivity index (χ4v) is 12.4. The summed E-state index contributed by atoms with van der Waals surface area (Å²) >= 11 is 0. The van der Waals surface area contributed by atoms with E-state index in [0.29, 0.717) is 48.4 Å². The van der Waals surface area contributed by atoms with Gasteiger partial charge in [-0.2, -0.15) is 0 Å². The van der Waals surface area contributed by atoms with Crippen LogP contribution >= 0.6 is 0 Å². The van der Waals surface area contributed by atoms with Gasteiger partial charge in [0.15, 0.2) is 0 Å². The number of hydrazine groups is 1. The minimum absolute atomic E-state index is 0.152. The Kier molecular flexibility index (Phi) is 9.16. The number of nitrogens with zero attached hydrogens (tertiary/aromatic N) is 1. The number of hydrogen-bond acceptors (Lipinski definition) is 7. The summed E-state index contributed by atoms with van der Waals surface area (Å²) in [6.45, 7) is 7.59. The number of fused-ring (bicyclic) bond motifs is 6. The van der Waals surface area contributed by atoms with Crippen molar-refractivity contribution in [3.05, 3.63) is 36.4 Å². The number of carbonyl (C=O) groups is 1. The molecule has 0 radical (unpaired) electrons. The number of aldehydes is 1. The average Bonchev–Trinajstić information content (AvgIpc) is 3.46. The molecule has 9 heteroatoms. The Bertz CT molecular complexity index is 1550. The molecule has 0 spiro atoms. The molecule has 10 atom stereocenters. The molecular weight excluding hydrogens is 598 g/mol. The first kappa shape index (κ1) is 33.8. The Morgan fingerprint density at radius 2 is 1.74 bits per heavy atom. The first-order chi connectivity index (χ1) is 21.8. The Hall–Kier alpha value is -2.04. The van der Waals surface area contributed by atoms with Crippen LogP contribution in [0.4, 0.5) is 5.69 Å². The lowest BCUT2D eigenvalue weighted by Gasteiger charge is -2.52. The number of aliphatic hydroxyl groups excluding tert-OH is 1. The maximum absolute atomic E-state index is 13.2. The number of hydrogen-bond donors (Lipinski definition) is 4. The number of sulfonamides is 1. The van der Waals surface area contributed by atoms with Gasteiger partial charge in [-0.25, -0.2) is 13.8 Å². The highest BCUT2D eigenvalue weighted by atomic mass is 32.2. The van der Waals surface area contributed by atoms with Crippen LogP contribution in [0.2, 0.25) is 0 Å². The molecule has 8 nitrogen and oxygen atoms in total. The summed E-state index contributed by atoms with van der Waals surface area (Å²) in [6.07, 6.45) is 9.77. The molecule has 3 unspecified atom stereocenters. The van der Waals surface area contributed by atoms with Crippen molar-refractivity contribution in [3.63, 3.8) is 0 Å². The number of nitrogens with one attached hydrogen (secondary N) is 2. The van der Waals surface area contributed by atoms with Gasteiger partial charge in [0.2, 0.25) is 0 Å². The first-order valence-electron chi connectivity index (χ1n) is 17.6. The van der Waals surface area contributed by atoms with Gasteiger partial charge in [0, 0.05) is 54.9 Å². The molecule has 0 heterocycles. The summed E-state index contributed by atoms with van der Waals surface area (Å²) < 4.78 is 26.5. The molecule has 0 amide bonds. The van der Waals surface area contributed by atoms with E-state index in [0.717, 1.165) is 68.7 Å². The standard InChI is InChI=1S/C37H55N3O5S/c1-24(10-6-7-21-38-39-46(44,45)33-14-9-11-26-27(33)12-8-13-32(26)40(4)5)28-15-16-29-34-30(18-19-35(28,29)2)36(3)20-17-25(42)22-37(36,43)31(34)23-41/h8-9,11-14,23-25,28-31,34,38-39,42-43H,6-7,10,15-22H2,1-5H3/t24-,25+,28-,29?,30?,31-,34?,35-,36-,37-/m1/s1. The van der Waals surface area contributed by atoms with E-state index in [4.69, 9.17) is 0 Å². The third-order valence-corrected chi connectivity index (χ3v) is 15.0. The summed E-state index contributed by atoms with van der Waals surface area (Å²) in [5.41, 5.74) is 2.69. The topological polar surface area (TPSA) is 119 Å². The van der Waals surface area contributed by atoms with E-state index < -0.39 is 27.6 Å². The number of carbonyl (C=O) groups excluding carboxylic acids is 1. The van der Waals surface area contributed by atoms with Crippen molar-refractivity contribution in [2.75, 3.05) is 25.5 Å². The minimum Gasteiger partial charge on any atom is -0.393 e. The van der Waals surface area contributed by atoms with E-state index in [1.54, 1.807) is 12.1 Å². The summed E-state index contributed by atoms with van der Waals surface area (Å²) in [5, 5.41) is 24.2. The van der Waals surface area contributed by atoms with Crippen LogP contribution in [0, 0.1) is 46.3 Å². The van der Waals surface area contributed by atoms with Crippen molar-refractivity contribution in [2.24, 2.45) is 46.3 Å². The average molecular weight is 654 g/mol. The van der Waals surface area contributed by atoms with Gasteiger partial charge < -0.3 is 19.9 Å². The molecule has 0 bridgehead atoms. The normalized spacial score (nSPS) is 37.8. The van der Waals surface area contributed by atoms with Crippen LogP contribution in [0.1, 0.15) is 85.0 Å². The van der Waals surface area contributed by atoms with Crippen molar-refractivity contribution in [2.45, 2.75) is 102 Å². The number of benzene rings is 2. The molecule has 0 aliphatic heterocycles. The smallest absolute Gasteiger partial charge is 0.253 e. The zero-order chi connectivity index (χ0) is 33.1. The van der Waals surface area contributed by atoms with Crippen LogP contribution in [0.15, 0.2) is 41.3 Å². The Morgan fingerprint density at radius 3 is 2.48 bits per heavy atom. The Morgan fingerprint density at radius 1 is 1.00 bits per heavy atom. The fraction of sp³-hybridized carbons (Fsp3) is 0.703. The highest BCUT2D eigenvalue weighted by Gasteiger charge is 2.72. The van der Waals surface area contributed by atoms with Gasteiger partial charge in [0.1, 0.15) is 6.29 Å². The Labute approximate surface area is 275 Å². The number of unbranched alkanes of at least 4 members (excludes halogenated alkanes) is 1. The third kappa shape index (κ3) is 5.33. The van der Waals surface area contributed by atoms with E-state index in [-0.39, 0.29) is 21.6 Å². The molecular formula is C37H55N3O5S. The second-order valence-electron chi connectivity index (χ2n) is 15.9. The summed E-state index contributed by atoms with van der Waals surface area (Å²) in [4.78, 5) is 17.5. The molecule has 6 rings (SSSR count). The van der Waals surface area contributed by atoms with Gasteiger partial charge in [0.25, 0.3) is 10.0 Å². The summed E-state index contributed by atoms with van der Waals surface area (Å²) in [6, 6.07) is 11.1. The highest BCUT2D eigenvalue weighted by Crippen LogP contribution is 2.72. The van der Waals surface area contributed by atoms with E-state index in [1.165, 1.54) is 0 Å². The molecule has 2 aromatic carbocycles. The molecule has 46 heavy (non-hydrogen) atoms. The van der Waals surface area contributed by atoms with Crippen molar-refractivity contribution < 1.29 is 23.4 Å². The first-order valence-corrected chi connectivity index (χ1v) is 19.1. The van der Waals surface area contributed by atoms with Crippen LogP contribution in [0.5, 0.6) is 0 Å². The quantitative estimate of drug-likeness (QED) is 0.140. The zero-order valence-electron chi connectivity index (χ0n) is 28.3. The Balaban J connectivity index is 1.04. The van der Waals surface area contributed by atoms with Crippen LogP contribution in [0.3, 0.4) is 0 Å². The van der Waals surface area contributed by atoms with E-state index in [9.17, 15) is 23.4 Å². The highest BCUT2D eigenvalue weighted by molar-refractivity contribution is 7.89. The maximum atomic E-state index is 13.2. The molecule has 4 fully saturated rings. The lowest BCUT2D eigenvalue weighted by molar-refractivity contribution is -0.156. The second-order valence-corrected chi connectivity index (χ2v) is 17.6. The van der Waals surface area contributed by atoms with Crippen LogP contribution in [-0.4, -0.2) is 57.3 Å². The molecule has 4 saturated carbocycles. The largest absolute Gasteiger partial charge is 0.393 e. The summed E-state index contributed by atoms with van der Waals surface area (Å²) in [5.74, 6) is 1.68. The molecule has 254 valence electrons. The minimum atomic E-state index is -3.74. The number of rotatable bonds is 11. The lowest BCUT2D eigenvalue weighted by Crippen LogP contribution is -2.54. The van der Waals surface area contributed by atoms with Gasteiger partial charge in [-0.1, -0.05) is 57.9 Å². The van der Waals surface area contributed by atoms with Crippen molar-refractivity contribution in [3.8, 4) is 0 Å². The monoisotopic (exact) mass is 653 g/mol. The van der Waals surface area contributed by atoms with Crippen LogP contribution < -0.4 is 15.2 Å². The van der Waals surface area contributed by atoms with Gasteiger partial charge in [0.05, 0.1) is 16.6 Å². The van der Waals surface area contributed by atoms with Crippen LogP contribution in [-0.2, 0) is 14.8 Å². The molecule has 2 aromatic rings. The maximum Gasteiger partial charge on any atom is 0.253 e. The molecule has 0 aromatic heterocycles. The predicted molar refractivity (Wildman–Crippen MR) is 183 cm³/mol. The molecule has 0 saturated heterocycles. The van der Waals surface area contributed by atoms with Gasteiger partial charge in [-0.05, 0) is 92.1 Å². The summed E-state index contributed by atoms with van der Waals surface area (Å²) in [7, 11) is 0.168. The second kappa shape index (κ2) is 12.4. The number of anilines is 1. The SMILES string of the molecule is C[C@H](CCCCNNS(=O)(=O)c1cccc2c(N(C)C)cccc12)[C@H]1CCC2C3C(CC[C@@]21C)[C@@]1(C)CC[C@H](O)C[C@@]1(O)[C@@H]3C=O. The molecule has 4 aliphatic rings. The van der Waals surface area contributed by atoms with Crippen molar-refractivity contribution in [1.82, 2.24) is 10.3 Å². The lowest BCUT2D eigenvalue weighted by atomic mass is 9.53. The van der Waals surface area contributed by atoms with Crippen molar-refractivity contribution >= 4 is 32.8 Å². The van der Waals surface area contributed by atoms with Crippen LogP contribution in [0.25, 0.3) is 10.8 Å². The van der Waals surface area contributed by atoms with Gasteiger partial charge >= 0.3 is 0 Å². The molecule has 4 aliphatic carbocycles. The van der Waals surface area contributed by atoms with Crippen molar-refractivity contribution in [1.29, 1.82) is 0 Å².